The van der Waals surface area contributed by atoms with Crippen LogP contribution >= 0.6 is 0 Å². The zero-order chi connectivity index (χ0) is 10.9. The molecule has 4 nitrogen and oxygen atoms in total. The number of ketones is 1. The Kier molecular flexibility index (Phi) is 1.53. The third-order valence-corrected chi connectivity index (χ3v) is 4.32. The molecule has 2 fully saturated rings. The molecule has 0 radical (unpaired) electrons. The summed E-state index contributed by atoms with van der Waals surface area (Å²) in [4.78, 5) is 23.8. The SMILES string of the molecule is O=C1OC[C@H]2[C@@H]1[C@H]1O[C@@H]2C2=C(CCC2)C1=O. The molecule has 3 aliphatic heterocycles. The van der Waals surface area contributed by atoms with Crippen LogP contribution in [0.5, 0.6) is 0 Å². The third kappa shape index (κ3) is 0.857. The Labute approximate surface area is 92.6 Å². The van der Waals surface area contributed by atoms with Gasteiger partial charge in [0.2, 0.25) is 0 Å². The van der Waals surface area contributed by atoms with Crippen LogP contribution in [0.15, 0.2) is 11.1 Å². The normalized spacial score (nSPS) is 44.8. The molecule has 4 atom stereocenters. The average Bonchev–Trinajstić information content (AvgIpc) is 2.92. The Balaban J connectivity index is 1.84. The number of fused-ring (bicyclic) bond motifs is 6. The maximum Gasteiger partial charge on any atom is 0.312 e. The number of rotatable bonds is 0. The van der Waals surface area contributed by atoms with Crippen molar-refractivity contribution in [2.45, 2.75) is 31.5 Å². The minimum absolute atomic E-state index is 0.0170. The largest absolute Gasteiger partial charge is 0.465 e. The van der Waals surface area contributed by atoms with Gasteiger partial charge < -0.3 is 9.47 Å². The van der Waals surface area contributed by atoms with Crippen LogP contribution in [-0.2, 0) is 19.1 Å². The van der Waals surface area contributed by atoms with Gasteiger partial charge in [0.05, 0.1) is 18.6 Å². The van der Waals surface area contributed by atoms with Crippen LogP contribution in [-0.4, -0.2) is 30.6 Å². The van der Waals surface area contributed by atoms with Crippen molar-refractivity contribution in [1.82, 2.24) is 0 Å². The van der Waals surface area contributed by atoms with Gasteiger partial charge in [0, 0.05) is 5.92 Å². The molecule has 0 spiro atoms. The molecular weight excluding hydrogens is 208 g/mol. The highest BCUT2D eigenvalue weighted by Gasteiger charge is 2.60. The Morgan fingerprint density at radius 1 is 1.12 bits per heavy atom. The minimum Gasteiger partial charge on any atom is -0.465 e. The van der Waals surface area contributed by atoms with E-state index in [0.717, 1.165) is 30.4 Å². The molecule has 4 heteroatoms. The van der Waals surface area contributed by atoms with Crippen LogP contribution < -0.4 is 0 Å². The zero-order valence-corrected chi connectivity index (χ0v) is 8.77. The van der Waals surface area contributed by atoms with E-state index in [0.29, 0.717) is 6.61 Å². The van der Waals surface area contributed by atoms with E-state index >= 15 is 0 Å². The highest BCUT2D eigenvalue weighted by Crippen LogP contribution is 2.49. The number of cyclic esters (lactones) is 1. The maximum absolute atomic E-state index is 12.2. The summed E-state index contributed by atoms with van der Waals surface area (Å²) in [7, 11) is 0. The molecule has 2 saturated heterocycles. The van der Waals surface area contributed by atoms with Gasteiger partial charge in [-0.3, -0.25) is 9.59 Å². The number of hydrogen-bond donors (Lipinski definition) is 0. The van der Waals surface area contributed by atoms with Crippen molar-refractivity contribution in [2.75, 3.05) is 6.61 Å². The Morgan fingerprint density at radius 3 is 2.88 bits per heavy atom. The van der Waals surface area contributed by atoms with Crippen LogP contribution in [0.4, 0.5) is 0 Å². The van der Waals surface area contributed by atoms with Crippen LogP contribution in [0.25, 0.3) is 0 Å². The second kappa shape index (κ2) is 2.74. The lowest BCUT2D eigenvalue weighted by atomic mass is 9.88. The van der Waals surface area contributed by atoms with Gasteiger partial charge in [-0.15, -0.1) is 0 Å². The van der Waals surface area contributed by atoms with E-state index in [1.807, 2.05) is 0 Å². The maximum atomic E-state index is 12.2. The predicted octanol–water partition coefficient (Wildman–Crippen LogP) is 0.606. The van der Waals surface area contributed by atoms with Crippen LogP contribution in [0.2, 0.25) is 0 Å². The number of Topliss-reactive ketones (excluding diaryl/α,β-unsaturated/α-hetero) is 1. The molecule has 16 heavy (non-hydrogen) atoms. The fraction of sp³-hybridized carbons (Fsp3) is 0.667. The Hall–Kier alpha value is -1.16. The van der Waals surface area contributed by atoms with Crippen molar-refractivity contribution in [1.29, 1.82) is 0 Å². The summed E-state index contributed by atoms with van der Waals surface area (Å²) in [6.07, 6.45) is 2.32. The summed E-state index contributed by atoms with van der Waals surface area (Å²) in [5.74, 6) is -0.433. The van der Waals surface area contributed by atoms with E-state index in [4.69, 9.17) is 9.47 Å². The van der Waals surface area contributed by atoms with E-state index in [9.17, 15) is 9.59 Å². The highest BCUT2D eigenvalue weighted by atomic mass is 16.6. The first-order chi connectivity index (χ1) is 7.77. The van der Waals surface area contributed by atoms with Gasteiger partial charge in [0.25, 0.3) is 0 Å². The molecule has 2 bridgehead atoms. The Bertz CT molecular complexity index is 436. The van der Waals surface area contributed by atoms with Crippen molar-refractivity contribution in [2.24, 2.45) is 11.8 Å². The van der Waals surface area contributed by atoms with Gasteiger partial charge in [0.1, 0.15) is 6.10 Å². The molecule has 1 aliphatic carbocycles. The number of hydrogen-bond acceptors (Lipinski definition) is 4. The monoisotopic (exact) mass is 220 g/mol. The lowest BCUT2D eigenvalue weighted by Crippen LogP contribution is -2.34. The second-order valence-corrected chi connectivity index (χ2v) is 5.02. The van der Waals surface area contributed by atoms with Gasteiger partial charge in [-0.25, -0.2) is 0 Å². The van der Waals surface area contributed by atoms with Crippen molar-refractivity contribution < 1.29 is 19.1 Å². The molecule has 4 aliphatic rings. The lowest BCUT2D eigenvalue weighted by Gasteiger charge is -2.24. The van der Waals surface area contributed by atoms with Crippen molar-refractivity contribution in [3.63, 3.8) is 0 Å². The quantitative estimate of drug-likeness (QED) is 0.561. The second-order valence-electron chi connectivity index (χ2n) is 5.02. The number of carbonyl (C=O) groups excluding carboxylic acids is 2. The summed E-state index contributed by atoms with van der Waals surface area (Å²) in [5, 5.41) is 0. The number of carbonyl (C=O) groups is 2. The van der Waals surface area contributed by atoms with Crippen molar-refractivity contribution >= 4 is 11.8 Å². The molecule has 0 aromatic heterocycles. The fourth-order valence-electron chi connectivity index (χ4n) is 3.62. The average molecular weight is 220 g/mol. The molecular formula is C12H12O4. The number of esters is 1. The first-order valence-electron chi connectivity index (χ1n) is 5.85. The van der Waals surface area contributed by atoms with Gasteiger partial charge in [-0.1, -0.05) is 0 Å². The molecule has 0 saturated carbocycles. The summed E-state index contributed by atoms with van der Waals surface area (Å²) >= 11 is 0. The van der Waals surface area contributed by atoms with Gasteiger partial charge in [-0.2, -0.15) is 0 Å². The highest BCUT2D eigenvalue weighted by molar-refractivity contribution is 6.04. The smallest absolute Gasteiger partial charge is 0.312 e. The summed E-state index contributed by atoms with van der Waals surface area (Å²) in [6, 6.07) is 0. The van der Waals surface area contributed by atoms with E-state index in [1.165, 1.54) is 0 Å². The fourth-order valence-corrected chi connectivity index (χ4v) is 3.62. The molecule has 0 amide bonds. The van der Waals surface area contributed by atoms with Crippen molar-refractivity contribution in [3.05, 3.63) is 11.1 Å². The first-order valence-corrected chi connectivity index (χ1v) is 5.85. The van der Waals surface area contributed by atoms with Gasteiger partial charge >= 0.3 is 5.97 Å². The lowest BCUT2D eigenvalue weighted by molar-refractivity contribution is -0.148. The molecule has 0 N–H and O–H groups in total. The molecule has 3 heterocycles. The summed E-state index contributed by atoms with van der Waals surface area (Å²) in [5.41, 5.74) is 2.12. The van der Waals surface area contributed by atoms with Gasteiger partial charge in [0.15, 0.2) is 5.78 Å². The zero-order valence-electron chi connectivity index (χ0n) is 8.77. The van der Waals surface area contributed by atoms with Crippen LogP contribution in [0.1, 0.15) is 19.3 Å². The van der Waals surface area contributed by atoms with Gasteiger partial charge in [-0.05, 0) is 30.4 Å². The van der Waals surface area contributed by atoms with Crippen LogP contribution in [0, 0.1) is 11.8 Å². The molecule has 84 valence electrons. The topological polar surface area (TPSA) is 52.6 Å². The molecule has 0 aromatic carbocycles. The molecule has 4 rings (SSSR count). The number of ether oxygens (including phenoxy) is 2. The van der Waals surface area contributed by atoms with E-state index in [2.05, 4.69) is 0 Å². The van der Waals surface area contributed by atoms with E-state index in [-0.39, 0.29) is 29.7 Å². The predicted molar refractivity (Wildman–Crippen MR) is 52.5 cm³/mol. The third-order valence-electron chi connectivity index (χ3n) is 4.32. The van der Waals surface area contributed by atoms with Crippen molar-refractivity contribution in [3.8, 4) is 0 Å². The Morgan fingerprint density at radius 2 is 2.00 bits per heavy atom. The van der Waals surface area contributed by atoms with E-state index in [1.54, 1.807) is 0 Å². The van der Waals surface area contributed by atoms with Crippen LogP contribution in [0.3, 0.4) is 0 Å². The standard InChI is InChI=1S/C12H12O4/c13-9-5-2-1-3-6(5)10-7-4-15-12(14)8(7)11(9)16-10/h7-8,10-11H,1-4H2/t7-,8+,10+,11+/m0/s1. The molecule has 0 unspecified atom stereocenters. The summed E-state index contributed by atoms with van der Waals surface area (Å²) < 4.78 is 10.8. The minimum atomic E-state index is -0.540. The summed E-state index contributed by atoms with van der Waals surface area (Å²) in [6.45, 7) is 0.425. The van der Waals surface area contributed by atoms with E-state index < -0.39 is 6.10 Å². The first kappa shape index (κ1) is 8.93. The molecule has 0 aromatic rings.